The summed E-state index contributed by atoms with van der Waals surface area (Å²) in [4.78, 5) is 21.3. The van der Waals surface area contributed by atoms with Crippen LogP contribution in [0.15, 0.2) is 28.4 Å². The van der Waals surface area contributed by atoms with Crippen molar-refractivity contribution in [2.75, 3.05) is 0 Å². The Balaban J connectivity index is 2.87. The predicted molar refractivity (Wildman–Crippen MR) is 46.1 cm³/mol. The zero-order chi connectivity index (χ0) is 10.7. The number of hydrogen-bond donors (Lipinski definition) is 2. The number of aliphatic carboxylic acids is 1. The minimum absolute atomic E-state index is 0.00435. The highest BCUT2D eigenvalue weighted by atomic mass is 16.4. The fourth-order valence-corrected chi connectivity index (χ4v) is 0.824. The molecule has 0 saturated carbocycles. The predicted octanol–water partition coefficient (Wildman–Crippen LogP) is 1.30. The smallest absolute Gasteiger partial charge is 0.371 e. The first kappa shape index (κ1) is 10.0. The van der Waals surface area contributed by atoms with E-state index >= 15 is 0 Å². The summed E-state index contributed by atoms with van der Waals surface area (Å²) in [6, 6.07) is 2.97. The molecule has 1 rings (SSSR count). The molecule has 0 aliphatic heterocycles. The molecule has 14 heavy (non-hydrogen) atoms. The lowest BCUT2D eigenvalue weighted by molar-refractivity contribution is -0.135. The molecule has 0 atom stereocenters. The zero-order valence-corrected chi connectivity index (χ0v) is 7.35. The summed E-state index contributed by atoms with van der Waals surface area (Å²) in [5, 5.41) is 17.0. The molecule has 74 valence electrons. The van der Waals surface area contributed by atoms with E-state index in [4.69, 9.17) is 14.6 Å². The maximum absolute atomic E-state index is 11.2. The third kappa shape index (κ3) is 2.22. The van der Waals surface area contributed by atoms with Gasteiger partial charge in [0, 0.05) is 6.08 Å². The standard InChI is InChI=1S/C9H8O5/c1-5-2-3-8(14-5)6(10)4-7(11)9(12)13/h2-4,11H,1H3,(H,12,13)/b7-4+. The Hall–Kier alpha value is -2.04. The van der Waals surface area contributed by atoms with Crippen molar-refractivity contribution in [2.45, 2.75) is 6.92 Å². The Morgan fingerprint density at radius 3 is 2.43 bits per heavy atom. The van der Waals surface area contributed by atoms with Gasteiger partial charge < -0.3 is 14.6 Å². The Labute approximate surface area is 79.3 Å². The van der Waals surface area contributed by atoms with Crippen molar-refractivity contribution in [3.63, 3.8) is 0 Å². The molecule has 1 aromatic rings. The van der Waals surface area contributed by atoms with Gasteiger partial charge in [-0.25, -0.2) is 4.79 Å². The molecular formula is C9H8O5. The lowest BCUT2D eigenvalue weighted by atomic mass is 10.2. The van der Waals surface area contributed by atoms with E-state index < -0.39 is 17.5 Å². The van der Waals surface area contributed by atoms with Gasteiger partial charge in [-0.1, -0.05) is 0 Å². The normalized spacial score (nSPS) is 11.4. The van der Waals surface area contributed by atoms with Crippen LogP contribution < -0.4 is 0 Å². The Bertz CT molecular complexity index is 399. The lowest BCUT2D eigenvalue weighted by Crippen LogP contribution is -2.03. The lowest BCUT2D eigenvalue weighted by Gasteiger charge is -1.91. The summed E-state index contributed by atoms with van der Waals surface area (Å²) in [6.07, 6.45) is 0.598. The molecule has 5 nitrogen and oxygen atoms in total. The largest absolute Gasteiger partial charge is 0.502 e. The molecule has 1 aromatic heterocycles. The van der Waals surface area contributed by atoms with Crippen molar-refractivity contribution >= 4 is 11.8 Å². The second-order valence-electron chi connectivity index (χ2n) is 2.61. The molecule has 0 unspecified atom stereocenters. The van der Waals surface area contributed by atoms with Gasteiger partial charge in [0.05, 0.1) is 0 Å². The number of carboxylic acid groups (broad SMARTS) is 1. The molecule has 0 fully saturated rings. The summed E-state index contributed by atoms with van der Waals surface area (Å²) in [7, 11) is 0. The first-order chi connectivity index (χ1) is 6.50. The van der Waals surface area contributed by atoms with Crippen molar-refractivity contribution in [3.05, 3.63) is 35.5 Å². The maximum Gasteiger partial charge on any atom is 0.371 e. The number of carbonyl (C=O) groups is 2. The number of aliphatic hydroxyl groups is 1. The third-order valence-electron chi connectivity index (χ3n) is 1.47. The van der Waals surface area contributed by atoms with Crippen LogP contribution in [0.2, 0.25) is 0 Å². The number of ketones is 1. The maximum atomic E-state index is 11.2. The van der Waals surface area contributed by atoms with E-state index in [1.54, 1.807) is 13.0 Å². The van der Waals surface area contributed by atoms with E-state index in [1.807, 2.05) is 0 Å². The molecule has 2 N–H and O–H groups in total. The first-order valence-corrected chi connectivity index (χ1v) is 3.75. The molecule has 0 spiro atoms. The number of furan rings is 1. The second kappa shape index (κ2) is 3.78. The van der Waals surface area contributed by atoms with Crippen molar-refractivity contribution in [2.24, 2.45) is 0 Å². The average Bonchev–Trinajstić information content (AvgIpc) is 2.51. The van der Waals surface area contributed by atoms with Crippen LogP contribution in [0, 0.1) is 6.92 Å². The van der Waals surface area contributed by atoms with Crippen LogP contribution in [-0.2, 0) is 4.79 Å². The van der Waals surface area contributed by atoms with Crippen molar-refractivity contribution < 1.29 is 24.2 Å². The fraction of sp³-hybridized carbons (Fsp3) is 0.111. The summed E-state index contributed by atoms with van der Waals surface area (Å²) >= 11 is 0. The second-order valence-corrected chi connectivity index (χ2v) is 2.61. The van der Waals surface area contributed by atoms with Gasteiger partial charge in [-0.2, -0.15) is 0 Å². The number of carboxylic acids is 1. The number of carbonyl (C=O) groups excluding carboxylic acids is 1. The van der Waals surface area contributed by atoms with Gasteiger partial charge in [0.1, 0.15) is 5.76 Å². The molecule has 1 heterocycles. The van der Waals surface area contributed by atoms with Crippen molar-refractivity contribution in [1.82, 2.24) is 0 Å². The minimum Gasteiger partial charge on any atom is -0.502 e. The fourth-order valence-electron chi connectivity index (χ4n) is 0.824. The summed E-state index contributed by atoms with van der Waals surface area (Å²) < 4.78 is 4.93. The van der Waals surface area contributed by atoms with E-state index in [0.717, 1.165) is 0 Å². The summed E-state index contributed by atoms with van der Waals surface area (Å²) in [6.45, 7) is 1.65. The number of aryl methyl sites for hydroxylation is 1. The van der Waals surface area contributed by atoms with Crippen molar-refractivity contribution in [3.8, 4) is 0 Å². The Kier molecular flexibility index (Phi) is 2.71. The molecule has 0 amide bonds. The van der Waals surface area contributed by atoms with Crippen LogP contribution in [0.5, 0.6) is 0 Å². The highest BCUT2D eigenvalue weighted by molar-refractivity contribution is 6.06. The molecule has 0 saturated heterocycles. The van der Waals surface area contributed by atoms with Gasteiger partial charge in [-0.3, -0.25) is 4.79 Å². The third-order valence-corrected chi connectivity index (χ3v) is 1.47. The molecule has 5 heteroatoms. The minimum atomic E-state index is -1.55. The first-order valence-electron chi connectivity index (χ1n) is 3.75. The van der Waals surface area contributed by atoms with Gasteiger partial charge in [0.25, 0.3) is 0 Å². The van der Waals surface area contributed by atoms with Crippen LogP contribution in [-0.4, -0.2) is 22.0 Å². The molecular weight excluding hydrogens is 188 g/mol. The number of rotatable bonds is 3. The summed E-state index contributed by atoms with van der Waals surface area (Å²) in [5.74, 6) is -2.71. The molecule has 0 radical (unpaired) electrons. The highest BCUT2D eigenvalue weighted by Gasteiger charge is 2.11. The topological polar surface area (TPSA) is 87.7 Å². The number of hydrogen-bond acceptors (Lipinski definition) is 4. The Morgan fingerprint density at radius 1 is 1.36 bits per heavy atom. The van der Waals surface area contributed by atoms with Gasteiger partial charge in [0.15, 0.2) is 5.76 Å². The molecule has 0 aliphatic rings. The van der Waals surface area contributed by atoms with Crippen LogP contribution in [0.1, 0.15) is 16.3 Å². The van der Waals surface area contributed by atoms with E-state index in [1.165, 1.54) is 6.07 Å². The monoisotopic (exact) mass is 196 g/mol. The van der Waals surface area contributed by atoms with Crippen LogP contribution in [0.3, 0.4) is 0 Å². The van der Waals surface area contributed by atoms with E-state index in [9.17, 15) is 9.59 Å². The summed E-state index contributed by atoms with van der Waals surface area (Å²) in [5.41, 5.74) is 0. The number of aliphatic hydroxyl groups excluding tert-OH is 1. The van der Waals surface area contributed by atoms with Crippen LogP contribution in [0.4, 0.5) is 0 Å². The van der Waals surface area contributed by atoms with Crippen LogP contribution >= 0.6 is 0 Å². The van der Waals surface area contributed by atoms with Gasteiger partial charge in [0.2, 0.25) is 11.5 Å². The molecule has 0 aliphatic carbocycles. The van der Waals surface area contributed by atoms with E-state index in [2.05, 4.69) is 0 Å². The number of allylic oxidation sites excluding steroid dienone is 1. The van der Waals surface area contributed by atoms with Crippen molar-refractivity contribution in [1.29, 1.82) is 0 Å². The van der Waals surface area contributed by atoms with Gasteiger partial charge in [-0.05, 0) is 19.1 Å². The van der Waals surface area contributed by atoms with Crippen LogP contribution in [0.25, 0.3) is 0 Å². The average molecular weight is 196 g/mol. The highest BCUT2D eigenvalue weighted by Crippen LogP contribution is 2.08. The van der Waals surface area contributed by atoms with E-state index in [0.29, 0.717) is 11.8 Å². The molecule has 0 bridgehead atoms. The SMILES string of the molecule is Cc1ccc(C(=O)/C=C(/O)C(=O)O)o1. The quantitative estimate of drug-likeness (QED) is 0.432. The zero-order valence-electron chi connectivity index (χ0n) is 7.35. The molecule has 0 aromatic carbocycles. The van der Waals surface area contributed by atoms with Gasteiger partial charge in [-0.15, -0.1) is 0 Å². The van der Waals surface area contributed by atoms with E-state index in [-0.39, 0.29) is 5.76 Å². The Morgan fingerprint density at radius 2 is 2.00 bits per heavy atom. The van der Waals surface area contributed by atoms with Gasteiger partial charge >= 0.3 is 5.97 Å².